The molecule has 2 N–H and O–H groups in total. The zero-order chi connectivity index (χ0) is 17.5. The minimum atomic E-state index is 0. The van der Waals surface area contributed by atoms with Crippen LogP contribution in [0.1, 0.15) is 37.8 Å². The molecule has 1 aromatic carbocycles. The fourth-order valence-electron chi connectivity index (χ4n) is 2.11. The Morgan fingerprint density at radius 3 is 2.56 bits per heavy atom. The molecule has 6 heteroatoms. The van der Waals surface area contributed by atoms with Crippen LogP contribution in [0.25, 0.3) is 0 Å². The molecular formula is C19H34IN3OS. The van der Waals surface area contributed by atoms with Crippen molar-refractivity contribution >= 4 is 41.7 Å². The molecule has 0 atom stereocenters. The van der Waals surface area contributed by atoms with Gasteiger partial charge in [0.1, 0.15) is 0 Å². The molecule has 0 saturated carbocycles. The van der Waals surface area contributed by atoms with Gasteiger partial charge in [-0.3, -0.25) is 4.99 Å². The second-order valence-corrected chi connectivity index (χ2v) is 6.73. The molecule has 0 aliphatic heterocycles. The van der Waals surface area contributed by atoms with E-state index in [1.54, 1.807) is 0 Å². The maximum Gasteiger partial charge on any atom is 0.191 e. The van der Waals surface area contributed by atoms with Crippen molar-refractivity contribution in [3.63, 3.8) is 0 Å². The zero-order valence-corrected chi connectivity index (χ0v) is 19.0. The van der Waals surface area contributed by atoms with Gasteiger partial charge in [0.05, 0.1) is 0 Å². The molecule has 25 heavy (non-hydrogen) atoms. The van der Waals surface area contributed by atoms with E-state index in [4.69, 9.17) is 4.74 Å². The third-order valence-corrected chi connectivity index (χ3v) is 4.47. The Morgan fingerprint density at radius 2 is 1.88 bits per heavy atom. The Balaban J connectivity index is 0.00000576. The lowest BCUT2D eigenvalue weighted by molar-refractivity contribution is 0.144. The highest BCUT2D eigenvalue weighted by atomic mass is 127. The van der Waals surface area contributed by atoms with Gasteiger partial charge in [0.25, 0.3) is 0 Å². The van der Waals surface area contributed by atoms with Crippen LogP contribution in [0.3, 0.4) is 0 Å². The Bertz CT molecular complexity index is 454. The lowest BCUT2D eigenvalue weighted by Gasteiger charge is -2.11. The van der Waals surface area contributed by atoms with E-state index in [1.807, 2.05) is 18.7 Å². The van der Waals surface area contributed by atoms with Crippen molar-refractivity contribution in [2.75, 3.05) is 38.6 Å². The van der Waals surface area contributed by atoms with E-state index in [0.717, 1.165) is 63.2 Å². The van der Waals surface area contributed by atoms with Crippen molar-refractivity contribution < 1.29 is 4.74 Å². The summed E-state index contributed by atoms with van der Waals surface area (Å²) in [6.07, 6.45) is 2.14. The maximum absolute atomic E-state index is 5.34. The normalized spacial score (nSPS) is 11.1. The number of rotatable bonds is 12. The van der Waals surface area contributed by atoms with Gasteiger partial charge in [0, 0.05) is 44.4 Å². The Morgan fingerprint density at radius 1 is 1.12 bits per heavy atom. The van der Waals surface area contributed by atoms with Crippen molar-refractivity contribution in [3.8, 4) is 0 Å². The highest BCUT2D eigenvalue weighted by Crippen LogP contribution is 2.12. The molecule has 1 rings (SSSR count). The smallest absolute Gasteiger partial charge is 0.191 e. The van der Waals surface area contributed by atoms with Gasteiger partial charge >= 0.3 is 0 Å². The van der Waals surface area contributed by atoms with Crippen LogP contribution in [-0.2, 0) is 10.5 Å². The SMILES string of the molecule is CCNC(=NCCCCOCC)NCCSCc1ccc(C)cc1.I. The number of unbranched alkanes of at least 4 members (excludes halogenated alkanes) is 1. The van der Waals surface area contributed by atoms with Crippen LogP contribution >= 0.6 is 35.7 Å². The average Bonchev–Trinajstić information content (AvgIpc) is 2.59. The first kappa shape index (κ1) is 24.5. The van der Waals surface area contributed by atoms with Crippen LogP contribution in [0.5, 0.6) is 0 Å². The average molecular weight is 479 g/mol. The number of hydrogen-bond acceptors (Lipinski definition) is 3. The fraction of sp³-hybridized carbons (Fsp3) is 0.632. The molecule has 0 aromatic heterocycles. The minimum Gasteiger partial charge on any atom is -0.382 e. The molecule has 144 valence electrons. The van der Waals surface area contributed by atoms with Crippen LogP contribution < -0.4 is 10.6 Å². The van der Waals surface area contributed by atoms with E-state index in [1.165, 1.54) is 11.1 Å². The Kier molecular flexibility index (Phi) is 16.7. The summed E-state index contributed by atoms with van der Waals surface area (Å²) in [4.78, 5) is 4.61. The van der Waals surface area contributed by atoms with Gasteiger partial charge in [0.15, 0.2) is 5.96 Å². The van der Waals surface area contributed by atoms with E-state index >= 15 is 0 Å². The van der Waals surface area contributed by atoms with Crippen molar-refractivity contribution in [3.05, 3.63) is 35.4 Å². The summed E-state index contributed by atoms with van der Waals surface area (Å²) in [5.41, 5.74) is 2.71. The van der Waals surface area contributed by atoms with Crippen LogP contribution in [-0.4, -0.2) is 44.6 Å². The predicted octanol–water partition coefficient (Wildman–Crippen LogP) is 4.22. The minimum absolute atomic E-state index is 0. The molecule has 0 saturated heterocycles. The molecule has 0 aliphatic carbocycles. The van der Waals surface area contributed by atoms with Crippen LogP contribution in [0, 0.1) is 6.92 Å². The van der Waals surface area contributed by atoms with Crippen molar-refractivity contribution in [2.45, 2.75) is 39.4 Å². The molecule has 0 heterocycles. The predicted molar refractivity (Wildman–Crippen MR) is 122 cm³/mol. The summed E-state index contributed by atoms with van der Waals surface area (Å²) >= 11 is 1.95. The van der Waals surface area contributed by atoms with Gasteiger partial charge in [-0.15, -0.1) is 24.0 Å². The molecule has 0 aliphatic rings. The van der Waals surface area contributed by atoms with Crippen LogP contribution in [0.4, 0.5) is 0 Å². The van der Waals surface area contributed by atoms with Gasteiger partial charge in [-0.05, 0) is 39.2 Å². The van der Waals surface area contributed by atoms with Crippen LogP contribution in [0.2, 0.25) is 0 Å². The first-order valence-electron chi connectivity index (χ1n) is 8.99. The van der Waals surface area contributed by atoms with E-state index in [9.17, 15) is 0 Å². The van der Waals surface area contributed by atoms with Gasteiger partial charge in [0.2, 0.25) is 0 Å². The summed E-state index contributed by atoms with van der Waals surface area (Å²) < 4.78 is 5.34. The molecule has 0 radical (unpaired) electrons. The molecule has 0 amide bonds. The Labute approximate surface area is 175 Å². The van der Waals surface area contributed by atoms with E-state index < -0.39 is 0 Å². The van der Waals surface area contributed by atoms with Gasteiger partial charge in [-0.2, -0.15) is 11.8 Å². The van der Waals surface area contributed by atoms with Crippen molar-refractivity contribution in [2.24, 2.45) is 4.99 Å². The largest absolute Gasteiger partial charge is 0.382 e. The summed E-state index contributed by atoms with van der Waals surface area (Å²) in [7, 11) is 0. The first-order chi connectivity index (χ1) is 11.8. The number of thioether (sulfide) groups is 1. The van der Waals surface area contributed by atoms with Crippen molar-refractivity contribution in [1.29, 1.82) is 0 Å². The third-order valence-electron chi connectivity index (χ3n) is 3.44. The monoisotopic (exact) mass is 479 g/mol. The van der Waals surface area contributed by atoms with Crippen LogP contribution in [0.15, 0.2) is 29.3 Å². The topological polar surface area (TPSA) is 45.7 Å². The number of nitrogens with one attached hydrogen (secondary N) is 2. The highest BCUT2D eigenvalue weighted by molar-refractivity contribution is 14.0. The molecular weight excluding hydrogens is 445 g/mol. The van der Waals surface area contributed by atoms with E-state index in [-0.39, 0.29) is 24.0 Å². The van der Waals surface area contributed by atoms with E-state index in [0.29, 0.717) is 0 Å². The number of hydrogen-bond donors (Lipinski definition) is 2. The quantitative estimate of drug-likeness (QED) is 0.204. The standard InChI is InChI=1S/C19H33N3OS.HI/c1-4-20-19(21-12-6-7-14-23-5-2)22-13-15-24-16-18-10-8-17(3)9-11-18;/h8-11H,4-7,12-16H2,1-3H3,(H2,20,21,22);1H. The zero-order valence-electron chi connectivity index (χ0n) is 15.8. The lowest BCUT2D eigenvalue weighted by Crippen LogP contribution is -2.38. The molecule has 0 fully saturated rings. The highest BCUT2D eigenvalue weighted by Gasteiger charge is 1.98. The summed E-state index contributed by atoms with van der Waals surface area (Å²) in [6.45, 7) is 10.6. The number of halogens is 1. The molecule has 4 nitrogen and oxygen atoms in total. The second-order valence-electron chi connectivity index (χ2n) is 5.63. The molecule has 0 unspecified atom stereocenters. The summed E-state index contributed by atoms with van der Waals surface area (Å²) in [5, 5.41) is 6.70. The maximum atomic E-state index is 5.34. The van der Waals surface area contributed by atoms with Gasteiger partial charge in [-0.1, -0.05) is 29.8 Å². The molecule has 0 bridgehead atoms. The van der Waals surface area contributed by atoms with Gasteiger partial charge in [-0.25, -0.2) is 0 Å². The number of aliphatic imine (C=N–C) groups is 1. The molecule has 0 spiro atoms. The van der Waals surface area contributed by atoms with Crippen molar-refractivity contribution in [1.82, 2.24) is 10.6 Å². The number of guanidine groups is 1. The lowest BCUT2D eigenvalue weighted by atomic mass is 10.2. The third kappa shape index (κ3) is 13.4. The van der Waals surface area contributed by atoms with Gasteiger partial charge < -0.3 is 15.4 Å². The summed E-state index contributed by atoms with van der Waals surface area (Å²) in [5.74, 6) is 3.06. The summed E-state index contributed by atoms with van der Waals surface area (Å²) in [6, 6.07) is 8.78. The fourth-order valence-corrected chi connectivity index (χ4v) is 2.93. The first-order valence-corrected chi connectivity index (χ1v) is 10.1. The number of aryl methyl sites for hydroxylation is 1. The number of ether oxygens (including phenoxy) is 1. The molecule has 1 aromatic rings. The Hall–Kier alpha value is -0.470. The second kappa shape index (κ2) is 17.0. The number of benzene rings is 1. The van der Waals surface area contributed by atoms with E-state index in [2.05, 4.69) is 53.7 Å². The number of nitrogens with zero attached hydrogens (tertiary/aromatic N) is 1.